The lowest BCUT2D eigenvalue weighted by Gasteiger charge is -2.24. The van der Waals surface area contributed by atoms with Gasteiger partial charge in [-0.25, -0.2) is 0 Å². The predicted molar refractivity (Wildman–Crippen MR) is 164 cm³/mol. The lowest BCUT2D eigenvalue weighted by molar-refractivity contribution is 0.318. The number of hydrogen-bond acceptors (Lipinski definition) is 4. The molecular formula is C32H42N6O. The molecule has 0 unspecified atom stereocenters. The number of H-pyrrole nitrogens is 3. The van der Waals surface area contributed by atoms with Crippen LogP contribution in [-0.4, -0.2) is 45.3 Å². The van der Waals surface area contributed by atoms with Crippen molar-refractivity contribution in [2.24, 2.45) is 15.0 Å². The summed E-state index contributed by atoms with van der Waals surface area (Å²) in [6.45, 7) is 10.6. The maximum atomic E-state index is 7.57. The number of hydrogen-bond donors (Lipinski definition) is 4. The van der Waals surface area contributed by atoms with Gasteiger partial charge in [-0.05, 0) is 96.0 Å². The number of aromatic amines is 3. The quantitative estimate of drug-likeness (QED) is 0.162. The number of nitrogens with one attached hydrogen (secondary N) is 3. The third-order valence-electron chi connectivity index (χ3n) is 6.55. The molecule has 7 nitrogen and oxygen atoms in total. The van der Waals surface area contributed by atoms with Crippen molar-refractivity contribution in [1.82, 2.24) is 15.0 Å². The van der Waals surface area contributed by atoms with Crippen LogP contribution >= 0.6 is 0 Å². The van der Waals surface area contributed by atoms with E-state index in [-0.39, 0.29) is 6.61 Å². The Bertz CT molecular complexity index is 1130. The second kappa shape index (κ2) is 16.1. The molecule has 7 heteroatoms. The molecule has 0 amide bonds. The average Bonchev–Trinajstić information content (AvgIpc) is 3.74. The molecule has 206 valence electrons. The van der Waals surface area contributed by atoms with Crippen LogP contribution in [0.4, 0.5) is 0 Å². The summed E-state index contributed by atoms with van der Waals surface area (Å²) in [7, 11) is 0. The van der Waals surface area contributed by atoms with Crippen LogP contribution in [0.25, 0.3) is 0 Å². The zero-order chi connectivity index (χ0) is 27.9. The molecule has 39 heavy (non-hydrogen) atoms. The minimum Gasteiger partial charge on any atom is -0.397 e. The van der Waals surface area contributed by atoms with Crippen molar-refractivity contribution in [2.45, 2.75) is 66.6 Å². The molecule has 0 aliphatic carbocycles. The number of benzene rings is 1. The first-order chi connectivity index (χ1) is 19.2. The summed E-state index contributed by atoms with van der Waals surface area (Å²) < 4.78 is 0. The SMILES string of the molecule is CCO.CCc1c(CN=Cc2ccc[nH]2)c(CC)c(CN=Cc2ccc[nH]2)c(CC)c1CN=Cc1ccc[nH]1. The minimum atomic E-state index is 0.250. The van der Waals surface area contributed by atoms with Gasteiger partial charge in [0.05, 0.1) is 36.7 Å². The van der Waals surface area contributed by atoms with E-state index in [0.29, 0.717) is 19.6 Å². The fourth-order valence-electron chi connectivity index (χ4n) is 4.93. The van der Waals surface area contributed by atoms with Crippen LogP contribution in [0.15, 0.2) is 70.0 Å². The molecule has 4 rings (SSSR count). The number of aliphatic hydroxyl groups is 1. The van der Waals surface area contributed by atoms with Gasteiger partial charge in [-0.3, -0.25) is 15.0 Å². The minimum absolute atomic E-state index is 0.250. The van der Waals surface area contributed by atoms with Crippen molar-refractivity contribution in [3.63, 3.8) is 0 Å². The Morgan fingerprint density at radius 1 is 0.538 bits per heavy atom. The van der Waals surface area contributed by atoms with Crippen LogP contribution in [0.2, 0.25) is 0 Å². The standard InChI is InChI=1S/C30H36N6.C2H6O/c1-4-25-28(19-31-16-22-10-7-13-34-22)26(5-2)30(21-33-18-24-12-9-15-36-24)27(6-3)29(25)20-32-17-23-11-8-14-35-23;1-2-3/h7-18,34-36H,4-6,19-21H2,1-3H3;3H,2H2,1H3. The largest absolute Gasteiger partial charge is 0.397 e. The highest BCUT2D eigenvalue weighted by molar-refractivity contribution is 5.78. The predicted octanol–water partition coefficient (Wildman–Crippen LogP) is 6.21. The van der Waals surface area contributed by atoms with E-state index < -0.39 is 0 Å². The maximum absolute atomic E-state index is 7.57. The molecule has 0 saturated heterocycles. The topological polar surface area (TPSA) is 105 Å². The first-order valence-electron chi connectivity index (χ1n) is 13.8. The van der Waals surface area contributed by atoms with Gasteiger partial charge in [0.1, 0.15) is 0 Å². The molecule has 3 aromatic heterocycles. The van der Waals surface area contributed by atoms with Gasteiger partial charge in [-0.15, -0.1) is 0 Å². The van der Waals surface area contributed by atoms with E-state index in [9.17, 15) is 0 Å². The monoisotopic (exact) mass is 526 g/mol. The smallest absolute Gasteiger partial charge is 0.0646 e. The summed E-state index contributed by atoms with van der Waals surface area (Å²) in [5.74, 6) is 0. The van der Waals surface area contributed by atoms with Crippen LogP contribution in [0.1, 0.15) is 78.2 Å². The van der Waals surface area contributed by atoms with Gasteiger partial charge in [0.15, 0.2) is 0 Å². The van der Waals surface area contributed by atoms with Gasteiger partial charge in [0.2, 0.25) is 0 Å². The molecule has 0 aliphatic heterocycles. The lowest BCUT2D eigenvalue weighted by Crippen LogP contribution is -2.12. The molecule has 1 aromatic carbocycles. The second-order valence-electron chi connectivity index (χ2n) is 9.03. The van der Waals surface area contributed by atoms with Crippen molar-refractivity contribution in [3.05, 3.63) is 105 Å². The van der Waals surface area contributed by atoms with E-state index in [4.69, 9.17) is 20.1 Å². The first kappa shape index (κ1) is 29.6. The normalized spacial score (nSPS) is 11.6. The van der Waals surface area contributed by atoms with Gasteiger partial charge in [-0.2, -0.15) is 0 Å². The summed E-state index contributed by atoms with van der Waals surface area (Å²) in [4.78, 5) is 24.1. The zero-order valence-corrected chi connectivity index (χ0v) is 23.7. The number of nitrogens with zero attached hydrogens (tertiary/aromatic N) is 3. The summed E-state index contributed by atoms with van der Waals surface area (Å²) >= 11 is 0. The van der Waals surface area contributed by atoms with Crippen LogP contribution in [0.5, 0.6) is 0 Å². The zero-order valence-electron chi connectivity index (χ0n) is 23.7. The summed E-state index contributed by atoms with van der Waals surface area (Å²) in [6.07, 6.45) is 14.4. The van der Waals surface area contributed by atoms with E-state index in [0.717, 1.165) is 36.3 Å². The maximum Gasteiger partial charge on any atom is 0.0646 e. The van der Waals surface area contributed by atoms with Gasteiger partial charge >= 0.3 is 0 Å². The van der Waals surface area contributed by atoms with Crippen molar-refractivity contribution in [3.8, 4) is 0 Å². The fourth-order valence-corrected chi connectivity index (χ4v) is 4.93. The fraction of sp³-hybridized carbons (Fsp3) is 0.344. The van der Waals surface area contributed by atoms with Gasteiger partial charge in [0, 0.05) is 43.8 Å². The molecular weight excluding hydrogens is 484 g/mol. The molecule has 4 aromatic rings. The number of aromatic nitrogens is 3. The Labute approximate surface area is 232 Å². The molecule has 0 atom stereocenters. The van der Waals surface area contributed by atoms with Crippen molar-refractivity contribution in [2.75, 3.05) is 6.61 Å². The molecule has 0 aliphatic rings. The Hall–Kier alpha value is -3.97. The number of aliphatic hydroxyl groups excluding tert-OH is 1. The Kier molecular flexibility index (Phi) is 12.2. The molecule has 0 saturated carbocycles. The van der Waals surface area contributed by atoms with E-state index in [1.807, 2.05) is 73.6 Å². The van der Waals surface area contributed by atoms with E-state index in [1.54, 1.807) is 6.92 Å². The Morgan fingerprint density at radius 3 is 1.03 bits per heavy atom. The summed E-state index contributed by atoms with van der Waals surface area (Å²) in [5, 5.41) is 7.57. The molecule has 0 fully saturated rings. The molecule has 0 radical (unpaired) electrons. The van der Waals surface area contributed by atoms with Crippen molar-refractivity contribution in [1.29, 1.82) is 0 Å². The lowest BCUT2D eigenvalue weighted by atomic mass is 9.83. The molecule has 4 N–H and O–H groups in total. The molecule has 0 bridgehead atoms. The summed E-state index contributed by atoms with van der Waals surface area (Å²) in [5.41, 5.74) is 11.2. The van der Waals surface area contributed by atoms with Crippen LogP contribution in [0.3, 0.4) is 0 Å². The molecule has 3 heterocycles. The average molecular weight is 527 g/mol. The van der Waals surface area contributed by atoms with Crippen LogP contribution in [0, 0.1) is 0 Å². The van der Waals surface area contributed by atoms with Crippen molar-refractivity contribution < 1.29 is 5.11 Å². The van der Waals surface area contributed by atoms with E-state index in [1.165, 1.54) is 33.4 Å². The van der Waals surface area contributed by atoms with Crippen molar-refractivity contribution >= 4 is 18.6 Å². The summed E-state index contributed by atoms with van der Waals surface area (Å²) in [6, 6.07) is 12.1. The van der Waals surface area contributed by atoms with Gasteiger partial charge in [-0.1, -0.05) is 20.8 Å². The van der Waals surface area contributed by atoms with Gasteiger partial charge < -0.3 is 20.1 Å². The molecule has 0 spiro atoms. The van der Waals surface area contributed by atoms with Crippen LogP contribution < -0.4 is 0 Å². The first-order valence-corrected chi connectivity index (χ1v) is 13.8. The van der Waals surface area contributed by atoms with Crippen LogP contribution in [-0.2, 0) is 38.9 Å². The number of rotatable bonds is 12. The highest BCUT2D eigenvalue weighted by atomic mass is 16.2. The third kappa shape index (κ3) is 8.26. The Balaban J connectivity index is 0.00000134. The second-order valence-corrected chi connectivity index (χ2v) is 9.03. The third-order valence-corrected chi connectivity index (χ3v) is 6.55. The van der Waals surface area contributed by atoms with E-state index >= 15 is 0 Å². The Morgan fingerprint density at radius 2 is 0.821 bits per heavy atom. The highest BCUT2D eigenvalue weighted by Crippen LogP contribution is 2.32. The highest BCUT2D eigenvalue weighted by Gasteiger charge is 2.20. The van der Waals surface area contributed by atoms with Gasteiger partial charge in [0.25, 0.3) is 0 Å². The van der Waals surface area contributed by atoms with E-state index in [2.05, 4.69) is 35.7 Å². The number of aliphatic imine (C=N–C) groups is 3.